The van der Waals surface area contributed by atoms with E-state index in [-0.39, 0.29) is 6.61 Å². The highest BCUT2D eigenvalue weighted by atomic mass is 35.5. The molecule has 0 bridgehead atoms. The molecule has 3 rings (SSSR count). The quantitative estimate of drug-likeness (QED) is 0.758. The Morgan fingerprint density at radius 1 is 0.950 bits per heavy atom. The minimum atomic E-state index is -0.0625. The maximum absolute atomic E-state index is 9.52. The number of aliphatic hydroxyl groups excluding tert-OH is 1. The second-order valence-corrected chi connectivity index (χ2v) is 5.45. The molecular formula is C16H13Cl2NO. The first-order chi connectivity index (χ1) is 9.70. The third kappa shape index (κ3) is 2.31. The van der Waals surface area contributed by atoms with Crippen LogP contribution < -0.4 is 0 Å². The van der Waals surface area contributed by atoms with Crippen molar-refractivity contribution < 1.29 is 5.11 Å². The van der Waals surface area contributed by atoms with Crippen molar-refractivity contribution in [2.45, 2.75) is 13.2 Å². The Morgan fingerprint density at radius 2 is 1.65 bits per heavy atom. The van der Waals surface area contributed by atoms with Crippen molar-refractivity contribution in [2.75, 3.05) is 0 Å². The Balaban J connectivity index is 2.11. The van der Waals surface area contributed by atoms with Gasteiger partial charge in [0.05, 0.1) is 6.61 Å². The van der Waals surface area contributed by atoms with Crippen molar-refractivity contribution >= 4 is 34.1 Å². The zero-order valence-corrected chi connectivity index (χ0v) is 12.2. The zero-order chi connectivity index (χ0) is 14.1. The van der Waals surface area contributed by atoms with E-state index in [0.717, 1.165) is 22.0 Å². The van der Waals surface area contributed by atoms with Gasteiger partial charge in [-0.2, -0.15) is 0 Å². The summed E-state index contributed by atoms with van der Waals surface area (Å²) in [5.41, 5.74) is 2.91. The topological polar surface area (TPSA) is 25.2 Å². The number of para-hydroxylation sites is 1. The number of rotatable bonds is 3. The van der Waals surface area contributed by atoms with Gasteiger partial charge in [0.2, 0.25) is 0 Å². The van der Waals surface area contributed by atoms with E-state index < -0.39 is 0 Å². The molecule has 0 unspecified atom stereocenters. The monoisotopic (exact) mass is 305 g/mol. The summed E-state index contributed by atoms with van der Waals surface area (Å²) in [4.78, 5) is 0. The van der Waals surface area contributed by atoms with Crippen LogP contribution in [0.1, 0.15) is 11.1 Å². The number of hydrogen-bond donors (Lipinski definition) is 1. The molecule has 0 amide bonds. The normalized spacial score (nSPS) is 11.2. The number of fused-ring (bicyclic) bond motifs is 1. The van der Waals surface area contributed by atoms with Gasteiger partial charge in [-0.05, 0) is 23.8 Å². The molecular weight excluding hydrogens is 293 g/mol. The Morgan fingerprint density at radius 3 is 2.35 bits per heavy atom. The maximum atomic E-state index is 9.52. The summed E-state index contributed by atoms with van der Waals surface area (Å²) in [6, 6.07) is 15.6. The van der Waals surface area contributed by atoms with Crippen molar-refractivity contribution in [2.24, 2.45) is 0 Å². The predicted molar refractivity (Wildman–Crippen MR) is 83.4 cm³/mol. The molecule has 2 aromatic carbocycles. The van der Waals surface area contributed by atoms with Crippen LogP contribution in [0.3, 0.4) is 0 Å². The summed E-state index contributed by atoms with van der Waals surface area (Å²) in [6.07, 6.45) is 0. The van der Waals surface area contributed by atoms with Crippen molar-refractivity contribution in [3.05, 3.63) is 69.8 Å². The van der Waals surface area contributed by atoms with Crippen LogP contribution in [0.5, 0.6) is 0 Å². The SMILES string of the molecule is OCc1c(Cl)n(Cc2ccc(Cl)cc2)c2ccccc12. The van der Waals surface area contributed by atoms with Crippen LogP contribution in [0.2, 0.25) is 10.2 Å². The van der Waals surface area contributed by atoms with Crippen LogP contribution in [-0.4, -0.2) is 9.67 Å². The van der Waals surface area contributed by atoms with Crippen LogP contribution in [0.4, 0.5) is 0 Å². The van der Waals surface area contributed by atoms with Gasteiger partial charge in [0.15, 0.2) is 0 Å². The Hall–Kier alpha value is -1.48. The van der Waals surface area contributed by atoms with E-state index in [4.69, 9.17) is 23.2 Å². The van der Waals surface area contributed by atoms with E-state index in [2.05, 4.69) is 0 Å². The van der Waals surface area contributed by atoms with Gasteiger partial charge in [0, 0.05) is 28.0 Å². The molecule has 0 aliphatic heterocycles. The second-order valence-electron chi connectivity index (χ2n) is 4.66. The van der Waals surface area contributed by atoms with Crippen molar-refractivity contribution in [1.82, 2.24) is 4.57 Å². The molecule has 2 nitrogen and oxygen atoms in total. The summed E-state index contributed by atoms with van der Waals surface area (Å²) in [6.45, 7) is 0.587. The number of nitrogens with zero attached hydrogens (tertiary/aromatic N) is 1. The molecule has 0 saturated carbocycles. The summed E-state index contributed by atoms with van der Waals surface area (Å²) < 4.78 is 2.01. The number of aromatic nitrogens is 1. The van der Waals surface area contributed by atoms with E-state index in [1.165, 1.54) is 0 Å². The Bertz CT molecular complexity index is 747. The smallest absolute Gasteiger partial charge is 0.115 e. The first kappa shape index (κ1) is 13.5. The third-order valence-electron chi connectivity index (χ3n) is 3.42. The molecule has 0 aliphatic rings. The molecule has 3 aromatic rings. The van der Waals surface area contributed by atoms with Crippen LogP contribution in [-0.2, 0) is 13.2 Å². The van der Waals surface area contributed by atoms with E-state index in [9.17, 15) is 5.11 Å². The lowest BCUT2D eigenvalue weighted by Crippen LogP contribution is -1.99. The molecule has 0 fully saturated rings. The summed E-state index contributed by atoms with van der Waals surface area (Å²) in [5, 5.41) is 11.8. The highest BCUT2D eigenvalue weighted by Crippen LogP contribution is 2.30. The Labute approximate surface area is 127 Å². The average molecular weight is 306 g/mol. The van der Waals surface area contributed by atoms with Gasteiger partial charge in [0.1, 0.15) is 5.15 Å². The summed E-state index contributed by atoms with van der Waals surface area (Å²) in [5.74, 6) is 0. The predicted octanol–water partition coefficient (Wildman–Crippen LogP) is 4.49. The Kier molecular flexibility index (Phi) is 3.70. The molecule has 0 spiro atoms. The minimum absolute atomic E-state index is 0.0625. The molecule has 102 valence electrons. The van der Waals surface area contributed by atoms with Gasteiger partial charge < -0.3 is 9.67 Å². The van der Waals surface area contributed by atoms with E-state index in [0.29, 0.717) is 16.7 Å². The second kappa shape index (κ2) is 5.49. The lowest BCUT2D eigenvalue weighted by molar-refractivity contribution is 0.283. The maximum Gasteiger partial charge on any atom is 0.115 e. The summed E-state index contributed by atoms with van der Waals surface area (Å²) in [7, 11) is 0. The standard InChI is InChI=1S/C16H13Cl2NO/c17-12-7-5-11(6-8-12)9-19-15-4-2-1-3-13(15)14(10-20)16(19)18/h1-8,20H,9-10H2. The highest BCUT2D eigenvalue weighted by molar-refractivity contribution is 6.32. The minimum Gasteiger partial charge on any atom is -0.392 e. The third-order valence-corrected chi connectivity index (χ3v) is 4.10. The largest absolute Gasteiger partial charge is 0.392 e. The van der Waals surface area contributed by atoms with Crippen LogP contribution >= 0.6 is 23.2 Å². The number of aliphatic hydroxyl groups is 1. The zero-order valence-electron chi connectivity index (χ0n) is 10.7. The summed E-state index contributed by atoms with van der Waals surface area (Å²) >= 11 is 12.3. The van der Waals surface area contributed by atoms with Gasteiger partial charge in [-0.25, -0.2) is 0 Å². The van der Waals surface area contributed by atoms with Gasteiger partial charge in [-0.3, -0.25) is 0 Å². The van der Waals surface area contributed by atoms with Crippen molar-refractivity contribution in [3.63, 3.8) is 0 Å². The van der Waals surface area contributed by atoms with Crippen LogP contribution in [0.25, 0.3) is 10.9 Å². The van der Waals surface area contributed by atoms with Crippen molar-refractivity contribution in [1.29, 1.82) is 0 Å². The molecule has 4 heteroatoms. The first-order valence-corrected chi connectivity index (χ1v) is 7.07. The lowest BCUT2D eigenvalue weighted by Gasteiger charge is -2.07. The van der Waals surface area contributed by atoms with Crippen molar-refractivity contribution in [3.8, 4) is 0 Å². The van der Waals surface area contributed by atoms with Gasteiger partial charge >= 0.3 is 0 Å². The van der Waals surface area contributed by atoms with E-state index >= 15 is 0 Å². The van der Waals surface area contributed by atoms with Crippen LogP contribution in [0, 0.1) is 0 Å². The molecule has 0 atom stereocenters. The average Bonchev–Trinajstić information content (AvgIpc) is 2.74. The van der Waals surface area contributed by atoms with Gasteiger partial charge in [0.25, 0.3) is 0 Å². The van der Waals surface area contributed by atoms with Gasteiger partial charge in [-0.1, -0.05) is 53.5 Å². The van der Waals surface area contributed by atoms with Gasteiger partial charge in [-0.15, -0.1) is 0 Å². The molecule has 0 radical (unpaired) electrons. The van der Waals surface area contributed by atoms with E-state index in [1.807, 2.05) is 53.1 Å². The molecule has 0 aliphatic carbocycles. The fraction of sp³-hybridized carbons (Fsp3) is 0.125. The van der Waals surface area contributed by atoms with Crippen LogP contribution in [0.15, 0.2) is 48.5 Å². The number of halogens is 2. The molecule has 0 saturated heterocycles. The number of benzene rings is 2. The molecule has 1 N–H and O–H groups in total. The first-order valence-electron chi connectivity index (χ1n) is 6.31. The highest BCUT2D eigenvalue weighted by Gasteiger charge is 2.14. The fourth-order valence-electron chi connectivity index (χ4n) is 2.42. The molecule has 1 aromatic heterocycles. The molecule has 20 heavy (non-hydrogen) atoms. The molecule has 1 heterocycles. The lowest BCUT2D eigenvalue weighted by atomic mass is 10.2. The van der Waals surface area contributed by atoms with E-state index in [1.54, 1.807) is 0 Å². The fourth-order valence-corrected chi connectivity index (χ4v) is 2.86. The number of hydrogen-bond acceptors (Lipinski definition) is 1.